The van der Waals surface area contributed by atoms with E-state index in [9.17, 15) is 4.79 Å². The monoisotopic (exact) mass is 290 g/mol. The number of hydrogen-bond donors (Lipinski definition) is 3. The molecule has 5 nitrogen and oxygen atoms in total. The van der Waals surface area contributed by atoms with E-state index in [0.29, 0.717) is 5.16 Å². The highest BCUT2D eigenvalue weighted by molar-refractivity contribution is 7.99. The van der Waals surface area contributed by atoms with Gasteiger partial charge in [0.05, 0.1) is 5.25 Å². The van der Waals surface area contributed by atoms with Crippen LogP contribution in [0.25, 0.3) is 0 Å². The van der Waals surface area contributed by atoms with Crippen LogP contribution in [0.4, 0.5) is 5.82 Å². The summed E-state index contributed by atoms with van der Waals surface area (Å²) < 4.78 is 0. The van der Waals surface area contributed by atoms with Crippen molar-refractivity contribution >= 4 is 17.6 Å². The van der Waals surface area contributed by atoms with Crippen molar-refractivity contribution in [1.29, 1.82) is 0 Å². The molecule has 1 aromatic carbocycles. The number of nitrogen functional groups attached to an aromatic ring is 1. The van der Waals surface area contributed by atoms with E-state index >= 15 is 0 Å². The average Bonchev–Trinajstić information content (AvgIpc) is 2.35. The third kappa shape index (κ3) is 3.40. The van der Waals surface area contributed by atoms with Crippen LogP contribution in [0.5, 0.6) is 0 Å². The normalized spacial score (nSPS) is 13.9. The predicted molar refractivity (Wildman–Crippen MR) is 82.7 cm³/mol. The van der Waals surface area contributed by atoms with E-state index in [1.807, 2.05) is 38.1 Å². The van der Waals surface area contributed by atoms with E-state index in [0.717, 1.165) is 11.1 Å². The van der Waals surface area contributed by atoms with Gasteiger partial charge in [-0.05, 0) is 25.0 Å². The number of H-pyrrole nitrogens is 1. The molecule has 0 bridgehead atoms. The zero-order valence-corrected chi connectivity index (χ0v) is 12.3. The van der Waals surface area contributed by atoms with Crippen molar-refractivity contribution in [3.8, 4) is 0 Å². The van der Waals surface area contributed by atoms with Gasteiger partial charge in [-0.2, -0.15) is 0 Å². The first-order chi connectivity index (χ1) is 9.47. The molecule has 0 spiro atoms. The Labute approximate surface area is 121 Å². The summed E-state index contributed by atoms with van der Waals surface area (Å²) in [5.41, 5.74) is 13.7. The molecule has 0 aliphatic rings. The Hall–Kier alpha value is -1.79. The molecule has 2 rings (SSSR count). The lowest BCUT2D eigenvalue weighted by Gasteiger charge is -2.21. The van der Waals surface area contributed by atoms with Crippen LogP contribution in [0.2, 0.25) is 0 Å². The number of nitrogens with one attached hydrogen (secondary N) is 1. The van der Waals surface area contributed by atoms with Gasteiger partial charge in [0.2, 0.25) is 0 Å². The molecule has 1 aromatic heterocycles. The summed E-state index contributed by atoms with van der Waals surface area (Å²) in [6.07, 6.45) is 0. The summed E-state index contributed by atoms with van der Waals surface area (Å²) in [5.74, 6) is 0.212. The molecule has 2 unspecified atom stereocenters. The smallest absolute Gasteiger partial charge is 0.253 e. The SMILES string of the molecule is Cc1ccccc1C(Sc1nc(N)cc(=O)[nH]1)C(C)N. The van der Waals surface area contributed by atoms with Gasteiger partial charge in [-0.1, -0.05) is 36.0 Å². The second-order valence-corrected chi connectivity index (χ2v) is 5.86. The lowest BCUT2D eigenvalue weighted by molar-refractivity contribution is 0.714. The Morgan fingerprint density at radius 3 is 2.65 bits per heavy atom. The molecule has 0 aliphatic carbocycles. The fourth-order valence-electron chi connectivity index (χ4n) is 1.99. The number of benzene rings is 1. The summed E-state index contributed by atoms with van der Waals surface area (Å²) in [6.45, 7) is 3.98. The number of anilines is 1. The second-order valence-electron chi connectivity index (χ2n) is 4.73. The zero-order chi connectivity index (χ0) is 14.7. The van der Waals surface area contributed by atoms with Crippen LogP contribution in [-0.4, -0.2) is 16.0 Å². The molecule has 0 radical (unpaired) electrons. The quantitative estimate of drug-likeness (QED) is 0.589. The van der Waals surface area contributed by atoms with E-state index in [2.05, 4.69) is 9.97 Å². The first-order valence-electron chi connectivity index (χ1n) is 6.32. The Kier molecular flexibility index (Phi) is 4.46. The van der Waals surface area contributed by atoms with Gasteiger partial charge in [0.25, 0.3) is 5.56 Å². The summed E-state index contributed by atoms with van der Waals surface area (Å²) in [7, 11) is 0. The lowest BCUT2D eigenvalue weighted by atomic mass is 10.0. The molecule has 1 heterocycles. The molecule has 6 heteroatoms. The largest absolute Gasteiger partial charge is 0.383 e. The van der Waals surface area contributed by atoms with Crippen molar-refractivity contribution in [2.24, 2.45) is 5.73 Å². The van der Waals surface area contributed by atoms with Crippen LogP contribution in [0.15, 0.2) is 40.3 Å². The number of aromatic amines is 1. The maximum absolute atomic E-state index is 11.4. The summed E-state index contributed by atoms with van der Waals surface area (Å²) in [5, 5.41) is 0.488. The first kappa shape index (κ1) is 14.6. The molecule has 5 N–H and O–H groups in total. The molecular weight excluding hydrogens is 272 g/mol. The minimum absolute atomic E-state index is 0.00106. The van der Waals surface area contributed by atoms with Gasteiger partial charge in [-0.3, -0.25) is 4.79 Å². The molecule has 0 saturated carbocycles. The highest BCUT2D eigenvalue weighted by Crippen LogP contribution is 2.36. The number of nitrogens with zero attached hydrogens (tertiary/aromatic N) is 1. The molecule has 0 amide bonds. The molecule has 106 valence electrons. The van der Waals surface area contributed by atoms with Gasteiger partial charge in [-0.25, -0.2) is 4.98 Å². The van der Waals surface area contributed by atoms with Crippen LogP contribution in [0.3, 0.4) is 0 Å². The van der Waals surface area contributed by atoms with Crippen LogP contribution >= 0.6 is 11.8 Å². The first-order valence-corrected chi connectivity index (χ1v) is 7.20. The van der Waals surface area contributed by atoms with Gasteiger partial charge >= 0.3 is 0 Å². The van der Waals surface area contributed by atoms with Gasteiger partial charge < -0.3 is 16.5 Å². The van der Waals surface area contributed by atoms with Crippen LogP contribution < -0.4 is 17.0 Å². The Bertz CT molecular complexity index is 654. The Morgan fingerprint density at radius 2 is 2.05 bits per heavy atom. The van der Waals surface area contributed by atoms with E-state index in [1.165, 1.54) is 17.8 Å². The number of nitrogens with two attached hydrogens (primary N) is 2. The predicted octanol–water partition coefficient (Wildman–Crippen LogP) is 1.84. The second kappa shape index (κ2) is 6.11. The molecule has 20 heavy (non-hydrogen) atoms. The van der Waals surface area contributed by atoms with Gasteiger partial charge in [0.1, 0.15) is 5.82 Å². The highest BCUT2D eigenvalue weighted by Gasteiger charge is 2.20. The number of aryl methyl sites for hydroxylation is 1. The van der Waals surface area contributed by atoms with E-state index in [1.54, 1.807) is 0 Å². The van der Waals surface area contributed by atoms with Gasteiger partial charge in [0.15, 0.2) is 5.16 Å². The molecule has 0 saturated heterocycles. The summed E-state index contributed by atoms with van der Waals surface area (Å²) in [6, 6.07) is 9.23. The van der Waals surface area contributed by atoms with Crippen molar-refractivity contribution in [2.45, 2.75) is 30.3 Å². The third-order valence-corrected chi connectivity index (χ3v) is 4.30. The zero-order valence-electron chi connectivity index (χ0n) is 11.5. The minimum Gasteiger partial charge on any atom is -0.383 e. The van der Waals surface area contributed by atoms with Crippen molar-refractivity contribution < 1.29 is 0 Å². The molecule has 0 aliphatic heterocycles. The molecule has 0 fully saturated rings. The van der Waals surface area contributed by atoms with E-state index < -0.39 is 0 Å². The summed E-state index contributed by atoms with van der Waals surface area (Å²) >= 11 is 1.42. The molecule has 2 aromatic rings. The van der Waals surface area contributed by atoms with Crippen LogP contribution in [0.1, 0.15) is 23.3 Å². The fraction of sp³-hybridized carbons (Fsp3) is 0.286. The number of thioether (sulfide) groups is 1. The number of aromatic nitrogens is 2. The Morgan fingerprint density at radius 1 is 1.35 bits per heavy atom. The highest BCUT2D eigenvalue weighted by atomic mass is 32.2. The maximum atomic E-state index is 11.4. The van der Waals surface area contributed by atoms with Gasteiger partial charge in [-0.15, -0.1) is 0 Å². The van der Waals surface area contributed by atoms with E-state index in [4.69, 9.17) is 11.5 Å². The Balaban J connectivity index is 2.35. The molecule has 2 atom stereocenters. The fourth-order valence-corrected chi connectivity index (χ4v) is 3.15. The number of rotatable bonds is 4. The van der Waals surface area contributed by atoms with Crippen molar-refractivity contribution in [3.05, 3.63) is 51.8 Å². The number of hydrogen-bond acceptors (Lipinski definition) is 5. The standard InChI is InChI=1S/C14H18N4OS/c1-8-5-3-4-6-10(8)13(9(2)15)20-14-17-11(16)7-12(19)18-14/h3-7,9,13H,15H2,1-2H3,(H3,16,17,18,19). The molecular formula is C14H18N4OS. The minimum atomic E-state index is -0.256. The van der Waals surface area contributed by atoms with Gasteiger partial charge in [0, 0.05) is 12.1 Å². The van der Waals surface area contributed by atoms with Crippen molar-refractivity contribution in [1.82, 2.24) is 9.97 Å². The van der Waals surface area contributed by atoms with Crippen molar-refractivity contribution in [2.75, 3.05) is 5.73 Å². The van der Waals surface area contributed by atoms with Crippen LogP contribution in [0, 0.1) is 6.92 Å². The van der Waals surface area contributed by atoms with Crippen LogP contribution in [-0.2, 0) is 0 Å². The van der Waals surface area contributed by atoms with E-state index in [-0.39, 0.29) is 22.7 Å². The van der Waals surface area contributed by atoms with Crippen molar-refractivity contribution in [3.63, 3.8) is 0 Å². The summed E-state index contributed by atoms with van der Waals surface area (Å²) in [4.78, 5) is 18.3. The average molecular weight is 290 g/mol. The third-order valence-electron chi connectivity index (χ3n) is 2.95. The topological polar surface area (TPSA) is 97.8 Å². The lowest BCUT2D eigenvalue weighted by Crippen LogP contribution is -2.24. The maximum Gasteiger partial charge on any atom is 0.253 e.